The normalized spacial score (nSPS) is 22.3. The number of benzene rings is 1. The Morgan fingerprint density at radius 2 is 1.90 bits per heavy atom. The first-order chi connectivity index (χ1) is 9.68. The van der Waals surface area contributed by atoms with Crippen molar-refractivity contribution >= 4 is 54.5 Å². The first-order valence-electron chi connectivity index (χ1n) is 6.04. The predicted molar refractivity (Wildman–Crippen MR) is 81.7 cm³/mol. The highest BCUT2D eigenvalue weighted by Gasteiger charge is 2.29. The second kappa shape index (κ2) is 6.30. The molecule has 2 unspecified atom stereocenters. The fourth-order valence-corrected chi connectivity index (χ4v) is 3.53. The third-order valence-electron chi connectivity index (χ3n) is 3.11. The largest absolute Gasteiger partial charge is 0.378 e. The van der Waals surface area contributed by atoms with E-state index in [0.29, 0.717) is 13.0 Å². The monoisotopic (exact) mass is 371 g/mol. The number of hydrogen-bond acceptors (Lipinski definition) is 4. The van der Waals surface area contributed by atoms with Crippen molar-refractivity contribution in [2.45, 2.75) is 24.3 Å². The van der Waals surface area contributed by atoms with Crippen LogP contribution in [-0.4, -0.2) is 27.0 Å². The van der Waals surface area contributed by atoms with Crippen molar-refractivity contribution in [3.63, 3.8) is 0 Å². The molecule has 116 valence electrons. The van der Waals surface area contributed by atoms with E-state index in [4.69, 9.17) is 38.6 Å². The Bertz CT molecular complexity index is 654. The Balaban J connectivity index is 2.23. The number of halogens is 3. The van der Waals surface area contributed by atoms with Gasteiger partial charge in [0.05, 0.1) is 39.3 Å². The highest BCUT2D eigenvalue weighted by Crippen LogP contribution is 2.35. The standard InChI is InChI=1S/C12H12Cl3NO4S/c1-6-2-7(5-20-6)12(17)16-11-9(13)3-8(4-10(11)14)21(15,18)19/h3-4,6-7H,2,5H2,1H3,(H,16,17). The summed E-state index contributed by atoms with van der Waals surface area (Å²) in [7, 11) is 1.29. The van der Waals surface area contributed by atoms with Gasteiger partial charge < -0.3 is 10.1 Å². The molecule has 2 rings (SSSR count). The molecule has 9 heteroatoms. The summed E-state index contributed by atoms with van der Waals surface area (Å²) in [4.78, 5) is 11.9. The molecule has 0 aliphatic carbocycles. The molecule has 1 aromatic rings. The van der Waals surface area contributed by atoms with Crippen LogP contribution >= 0.6 is 33.9 Å². The number of ether oxygens (including phenoxy) is 1. The van der Waals surface area contributed by atoms with E-state index < -0.39 is 9.05 Å². The van der Waals surface area contributed by atoms with Gasteiger partial charge in [0.2, 0.25) is 5.91 Å². The van der Waals surface area contributed by atoms with Crippen molar-refractivity contribution in [1.29, 1.82) is 0 Å². The quantitative estimate of drug-likeness (QED) is 0.826. The smallest absolute Gasteiger partial charge is 0.261 e. The molecule has 21 heavy (non-hydrogen) atoms. The van der Waals surface area contributed by atoms with Crippen molar-refractivity contribution in [2.24, 2.45) is 5.92 Å². The molecule has 0 saturated carbocycles. The van der Waals surface area contributed by atoms with E-state index in [1.54, 1.807) is 0 Å². The zero-order chi connectivity index (χ0) is 15.8. The van der Waals surface area contributed by atoms with Gasteiger partial charge in [-0.25, -0.2) is 8.42 Å². The summed E-state index contributed by atoms with van der Waals surface area (Å²) in [6.45, 7) is 2.21. The predicted octanol–water partition coefficient (Wildman–Crippen LogP) is 3.28. The summed E-state index contributed by atoms with van der Waals surface area (Å²) in [5.41, 5.74) is 0.159. The summed E-state index contributed by atoms with van der Waals surface area (Å²) in [5, 5.41) is 2.60. The van der Waals surface area contributed by atoms with Crippen molar-refractivity contribution in [1.82, 2.24) is 0 Å². The number of anilines is 1. The van der Waals surface area contributed by atoms with Gasteiger partial charge >= 0.3 is 0 Å². The molecule has 0 aromatic heterocycles. The molecule has 1 N–H and O–H groups in total. The van der Waals surface area contributed by atoms with Crippen LogP contribution in [0.2, 0.25) is 10.0 Å². The third-order valence-corrected chi connectivity index (χ3v) is 5.04. The zero-order valence-corrected chi connectivity index (χ0v) is 14.0. The van der Waals surface area contributed by atoms with Crippen molar-refractivity contribution in [2.75, 3.05) is 11.9 Å². The minimum absolute atomic E-state index is 0.00189. The Labute approximate surface area is 136 Å². The first-order valence-corrected chi connectivity index (χ1v) is 9.11. The van der Waals surface area contributed by atoms with Crippen LogP contribution < -0.4 is 5.32 Å². The van der Waals surface area contributed by atoms with Crippen LogP contribution in [0.4, 0.5) is 5.69 Å². The van der Waals surface area contributed by atoms with Crippen molar-refractivity contribution in [3.8, 4) is 0 Å². The molecular weight excluding hydrogens is 361 g/mol. The number of carbonyl (C=O) groups is 1. The number of nitrogens with one attached hydrogen (secondary N) is 1. The second-order valence-corrected chi connectivity index (χ2v) is 8.15. The number of rotatable bonds is 3. The van der Waals surface area contributed by atoms with Gasteiger partial charge in [-0.05, 0) is 25.5 Å². The van der Waals surface area contributed by atoms with E-state index in [-0.39, 0.29) is 38.6 Å². The van der Waals surface area contributed by atoms with Crippen LogP contribution in [0.5, 0.6) is 0 Å². The van der Waals surface area contributed by atoms with Gasteiger partial charge in [0, 0.05) is 10.7 Å². The molecule has 0 spiro atoms. The lowest BCUT2D eigenvalue weighted by atomic mass is 10.1. The van der Waals surface area contributed by atoms with Crippen LogP contribution in [0.1, 0.15) is 13.3 Å². The lowest BCUT2D eigenvalue weighted by Crippen LogP contribution is -2.23. The molecule has 1 saturated heterocycles. The summed E-state index contributed by atoms with van der Waals surface area (Å²) in [6, 6.07) is 2.28. The van der Waals surface area contributed by atoms with E-state index in [1.165, 1.54) is 0 Å². The van der Waals surface area contributed by atoms with Gasteiger partial charge in [-0.3, -0.25) is 4.79 Å². The molecule has 0 bridgehead atoms. The molecule has 1 fully saturated rings. The average molecular weight is 373 g/mol. The Morgan fingerprint density at radius 3 is 2.33 bits per heavy atom. The molecule has 2 atom stereocenters. The Kier molecular flexibility index (Phi) is 5.05. The summed E-state index contributed by atoms with van der Waals surface area (Å²) in [6.07, 6.45) is 0.630. The van der Waals surface area contributed by atoms with Crippen molar-refractivity contribution in [3.05, 3.63) is 22.2 Å². The fraction of sp³-hybridized carbons (Fsp3) is 0.417. The maximum absolute atomic E-state index is 12.1. The maximum Gasteiger partial charge on any atom is 0.261 e. The molecule has 1 aliphatic rings. The SMILES string of the molecule is CC1CC(C(=O)Nc2c(Cl)cc(S(=O)(=O)Cl)cc2Cl)CO1. The summed E-state index contributed by atoms with van der Waals surface area (Å²) < 4.78 is 27.8. The number of hydrogen-bond donors (Lipinski definition) is 1. The van der Waals surface area contributed by atoms with E-state index in [1.807, 2.05) is 6.92 Å². The fourth-order valence-electron chi connectivity index (χ4n) is 2.04. The highest BCUT2D eigenvalue weighted by molar-refractivity contribution is 8.13. The minimum Gasteiger partial charge on any atom is -0.378 e. The molecule has 1 amide bonds. The lowest BCUT2D eigenvalue weighted by molar-refractivity contribution is -0.119. The van der Waals surface area contributed by atoms with Crippen LogP contribution in [0.3, 0.4) is 0 Å². The Morgan fingerprint density at radius 1 is 1.33 bits per heavy atom. The molecule has 1 aliphatic heterocycles. The highest BCUT2D eigenvalue weighted by atomic mass is 35.7. The maximum atomic E-state index is 12.1. The van der Waals surface area contributed by atoms with Crippen LogP contribution in [0.25, 0.3) is 0 Å². The molecule has 1 heterocycles. The minimum atomic E-state index is -3.95. The van der Waals surface area contributed by atoms with Crippen LogP contribution in [0.15, 0.2) is 17.0 Å². The van der Waals surface area contributed by atoms with Crippen LogP contribution in [0, 0.1) is 5.92 Å². The van der Waals surface area contributed by atoms with Gasteiger partial charge in [0.25, 0.3) is 9.05 Å². The van der Waals surface area contributed by atoms with Gasteiger partial charge in [0.15, 0.2) is 0 Å². The zero-order valence-electron chi connectivity index (χ0n) is 10.9. The topological polar surface area (TPSA) is 72.5 Å². The molecule has 0 radical (unpaired) electrons. The van der Waals surface area contributed by atoms with Crippen molar-refractivity contribution < 1.29 is 17.9 Å². The van der Waals surface area contributed by atoms with Gasteiger partial charge in [-0.1, -0.05) is 23.2 Å². The van der Waals surface area contributed by atoms with Gasteiger partial charge in [-0.15, -0.1) is 0 Å². The van der Waals surface area contributed by atoms with Crippen LogP contribution in [-0.2, 0) is 18.6 Å². The van der Waals surface area contributed by atoms with E-state index in [0.717, 1.165) is 12.1 Å². The lowest BCUT2D eigenvalue weighted by Gasteiger charge is -2.13. The van der Waals surface area contributed by atoms with E-state index in [9.17, 15) is 13.2 Å². The molecule has 1 aromatic carbocycles. The molecular formula is C12H12Cl3NO4S. The average Bonchev–Trinajstić information content (AvgIpc) is 2.79. The summed E-state index contributed by atoms with van der Waals surface area (Å²) in [5.74, 6) is -0.562. The second-order valence-electron chi connectivity index (χ2n) is 4.77. The number of amides is 1. The molecule has 5 nitrogen and oxygen atoms in total. The first kappa shape index (κ1) is 16.8. The van der Waals surface area contributed by atoms with Gasteiger partial charge in [0.1, 0.15) is 0 Å². The third kappa shape index (κ3) is 4.02. The Hall–Kier alpha value is -0.530. The van der Waals surface area contributed by atoms with E-state index >= 15 is 0 Å². The summed E-state index contributed by atoms with van der Waals surface area (Å²) >= 11 is 11.9. The van der Waals surface area contributed by atoms with Gasteiger partial charge in [-0.2, -0.15) is 0 Å². The van der Waals surface area contributed by atoms with E-state index in [2.05, 4.69) is 5.32 Å². The number of carbonyl (C=O) groups excluding carboxylic acids is 1.